The first-order valence-corrected chi connectivity index (χ1v) is 19.0. The summed E-state index contributed by atoms with van der Waals surface area (Å²) in [7, 11) is 0. The van der Waals surface area contributed by atoms with Gasteiger partial charge in [0, 0.05) is 94.4 Å². The third kappa shape index (κ3) is 7.07. The van der Waals surface area contributed by atoms with Gasteiger partial charge in [0.2, 0.25) is 0 Å². The number of aromatic amines is 2. The predicted octanol–water partition coefficient (Wildman–Crippen LogP) is 8.18. The van der Waals surface area contributed by atoms with Crippen molar-refractivity contribution in [1.82, 2.24) is 54.5 Å². The van der Waals surface area contributed by atoms with Gasteiger partial charge >= 0.3 is 6.09 Å². The zero-order valence-electron chi connectivity index (χ0n) is 31.7. The molecular weight excluding hydrogens is 756 g/mol. The summed E-state index contributed by atoms with van der Waals surface area (Å²) in [6.07, 6.45) is 12.6. The predicted molar refractivity (Wildman–Crippen MR) is 221 cm³/mol. The molecule has 2 amide bonds. The van der Waals surface area contributed by atoms with E-state index in [1.165, 1.54) is 0 Å². The first-order chi connectivity index (χ1) is 28.1. The van der Waals surface area contributed by atoms with Crippen LogP contribution in [-0.4, -0.2) is 85.2 Å². The maximum absolute atomic E-state index is 13.3. The monoisotopic (exact) mass is 792 g/mol. The van der Waals surface area contributed by atoms with E-state index < -0.39 is 11.7 Å². The molecule has 1 saturated heterocycles. The Morgan fingerprint density at radius 2 is 1.57 bits per heavy atom. The lowest BCUT2D eigenvalue weighted by molar-refractivity contribution is 0.0635. The molecule has 1 aromatic carbocycles. The van der Waals surface area contributed by atoms with Gasteiger partial charge in [-0.05, 0) is 93.4 Å². The number of H-pyrrole nitrogens is 2. The van der Waals surface area contributed by atoms with Crippen LogP contribution in [0.5, 0.6) is 0 Å². The van der Waals surface area contributed by atoms with Crippen LogP contribution in [0.4, 0.5) is 10.5 Å². The van der Waals surface area contributed by atoms with Crippen molar-refractivity contribution in [2.24, 2.45) is 0 Å². The smallest absolute Gasteiger partial charge is 0.412 e. The van der Waals surface area contributed by atoms with Crippen molar-refractivity contribution in [2.45, 2.75) is 38.7 Å². The molecule has 0 saturated carbocycles. The van der Waals surface area contributed by atoms with E-state index in [9.17, 15) is 9.59 Å². The normalized spacial score (nSPS) is 14.3. The summed E-state index contributed by atoms with van der Waals surface area (Å²) < 4.78 is 8.53. The molecule has 1 aliphatic heterocycles. The van der Waals surface area contributed by atoms with Crippen LogP contribution < -0.4 is 5.32 Å². The number of pyridine rings is 2. The van der Waals surface area contributed by atoms with Crippen molar-refractivity contribution in [2.75, 3.05) is 18.4 Å². The second kappa shape index (κ2) is 14.7. The summed E-state index contributed by atoms with van der Waals surface area (Å²) in [5.74, 6) is 0.0868. The van der Waals surface area contributed by atoms with Crippen molar-refractivity contribution in [3.63, 3.8) is 0 Å². The number of anilines is 1. The number of hydrogen-bond donors (Lipinski definition) is 3. The minimum Gasteiger partial charge on any atom is -0.444 e. The fourth-order valence-electron chi connectivity index (χ4n) is 7.36. The second-order valence-electron chi connectivity index (χ2n) is 14.9. The first kappa shape index (κ1) is 36.5. The van der Waals surface area contributed by atoms with Crippen LogP contribution in [-0.2, 0) is 4.74 Å². The van der Waals surface area contributed by atoms with E-state index in [1.807, 2.05) is 53.7 Å². The second-order valence-corrected chi connectivity index (χ2v) is 15.3. The number of ether oxygens (including phenoxy) is 1. The zero-order chi connectivity index (χ0) is 40.0. The summed E-state index contributed by atoms with van der Waals surface area (Å²) >= 11 is 6.32. The largest absolute Gasteiger partial charge is 0.444 e. The van der Waals surface area contributed by atoms with E-state index in [1.54, 1.807) is 85.3 Å². The van der Waals surface area contributed by atoms with Gasteiger partial charge in [0.1, 0.15) is 16.9 Å². The van der Waals surface area contributed by atoms with E-state index in [-0.39, 0.29) is 11.8 Å². The molecule has 290 valence electrons. The van der Waals surface area contributed by atoms with Crippen LogP contribution >= 0.6 is 11.6 Å². The number of rotatable bonds is 5. The molecule has 0 radical (unpaired) electrons. The molecule has 1 aliphatic rings. The average Bonchev–Trinajstić information content (AvgIpc) is 4.06. The highest BCUT2D eigenvalue weighted by Crippen LogP contribution is 2.37. The minimum absolute atomic E-state index is 0.0703. The summed E-state index contributed by atoms with van der Waals surface area (Å²) in [5, 5.41) is 22.4. The number of likely N-dealkylation sites (tertiary alicyclic amines) is 1. The third-order valence-corrected chi connectivity index (χ3v) is 10.2. The van der Waals surface area contributed by atoms with Gasteiger partial charge in [-0.25, -0.2) is 14.8 Å². The molecule has 1 unspecified atom stereocenters. The molecule has 3 N–H and O–H groups in total. The number of carbonyl (C=O) groups is 2. The van der Waals surface area contributed by atoms with E-state index in [0.29, 0.717) is 29.4 Å². The Morgan fingerprint density at radius 1 is 0.810 bits per heavy atom. The Kier molecular flexibility index (Phi) is 9.28. The highest BCUT2D eigenvalue weighted by Gasteiger charge is 2.30. The Hall–Kier alpha value is -7.13. The summed E-state index contributed by atoms with van der Waals surface area (Å²) in [6, 6.07) is 20.8. The van der Waals surface area contributed by atoms with Gasteiger partial charge in [0.05, 0.1) is 28.4 Å². The summed E-state index contributed by atoms with van der Waals surface area (Å²) in [6.45, 7) is 6.64. The lowest BCUT2D eigenvalue weighted by atomic mass is 10.0. The maximum atomic E-state index is 13.3. The van der Waals surface area contributed by atoms with Crippen molar-refractivity contribution < 1.29 is 14.3 Å². The van der Waals surface area contributed by atoms with Crippen molar-refractivity contribution in [3.05, 3.63) is 126 Å². The van der Waals surface area contributed by atoms with Gasteiger partial charge in [-0.3, -0.25) is 10.1 Å². The van der Waals surface area contributed by atoms with Gasteiger partial charge < -0.3 is 19.6 Å². The van der Waals surface area contributed by atoms with Crippen LogP contribution in [0.2, 0.25) is 5.02 Å². The van der Waals surface area contributed by atoms with Crippen LogP contribution in [0.1, 0.15) is 49.2 Å². The number of nitrogens with zero attached hydrogens (tertiary/aromatic N) is 9. The van der Waals surface area contributed by atoms with Crippen molar-refractivity contribution in [1.29, 1.82) is 0 Å². The number of carbonyl (C=O) groups excluding carboxylic acids is 2. The summed E-state index contributed by atoms with van der Waals surface area (Å²) in [5.41, 5.74) is 8.83. The maximum Gasteiger partial charge on any atom is 0.412 e. The quantitative estimate of drug-likeness (QED) is 0.155. The number of nitrogens with one attached hydrogen (secondary N) is 3. The molecule has 10 rings (SSSR count). The van der Waals surface area contributed by atoms with Gasteiger partial charge in [-0.2, -0.15) is 29.7 Å². The van der Waals surface area contributed by atoms with Gasteiger partial charge in [0.15, 0.2) is 0 Å². The Bertz CT molecular complexity index is 2980. The van der Waals surface area contributed by atoms with Crippen LogP contribution in [0.3, 0.4) is 0 Å². The molecule has 8 aromatic heterocycles. The number of aromatic nitrogens is 10. The van der Waals surface area contributed by atoms with Crippen molar-refractivity contribution in [3.8, 4) is 22.3 Å². The Labute approximate surface area is 336 Å². The zero-order valence-corrected chi connectivity index (χ0v) is 32.5. The number of benzene rings is 1. The van der Waals surface area contributed by atoms with E-state index in [2.05, 4.69) is 51.7 Å². The molecule has 16 heteroatoms. The van der Waals surface area contributed by atoms with Gasteiger partial charge in [0.25, 0.3) is 5.91 Å². The number of fused-ring (bicyclic) bond motifs is 4. The molecular formula is C42H37ClN12O3. The van der Waals surface area contributed by atoms with E-state index >= 15 is 0 Å². The lowest BCUT2D eigenvalue weighted by Gasteiger charge is -2.20. The SMILES string of the molecule is CC(C)(C)OC(=O)Nc1cccc(C(=O)N2CCC(c3cc4c(-c5cnn6ncccc56)ccnc4[nH]3)C2)c1.Clc1cnc2[nH]ccc2c1-c1cnn2ncccc12. The van der Waals surface area contributed by atoms with Crippen LogP contribution in [0.15, 0.2) is 110 Å². The number of hydrogen-bond acceptors (Lipinski definition) is 9. The standard InChI is InChI=1S/C29H29N7O3.C13H8ClN5/c1-29(2,3)39-28(38)33-20-7-4-6-18(14-20)27(37)35-13-10-19(17-35)24-15-22-21(9-12-30-26(22)34-24)23-16-32-36-25(23)8-5-11-31-36;14-10-7-16-13-8(3-5-15-13)12(10)9-6-18-19-11(9)2-1-4-17-19/h4-9,11-12,14-16,19H,10,13,17H2,1-3H3,(H,30,34)(H,33,38);1-7H,(H,15,16). The molecule has 15 nitrogen and oxygen atoms in total. The number of halogens is 1. The van der Waals surface area contributed by atoms with Crippen LogP contribution in [0, 0.1) is 0 Å². The Balaban J connectivity index is 0.000000190. The highest BCUT2D eigenvalue weighted by atomic mass is 35.5. The minimum atomic E-state index is -0.606. The average molecular weight is 793 g/mol. The molecule has 0 spiro atoms. The fraction of sp³-hybridized carbons (Fsp3) is 0.190. The molecule has 1 atom stereocenters. The van der Waals surface area contributed by atoms with E-state index in [4.69, 9.17) is 16.3 Å². The molecule has 0 aliphatic carbocycles. The van der Waals surface area contributed by atoms with E-state index in [0.717, 1.165) is 67.5 Å². The molecule has 58 heavy (non-hydrogen) atoms. The highest BCUT2D eigenvalue weighted by molar-refractivity contribution is 6.35. The first-order valence-electron chi connectivity index (χ1n) is 18.7. The fourth-order valence-corrected chi connectivity index (χ4v) is 7.61. The van der Waals surface area contributed by atoms with Gasteiger partial charge in [-0.1, -0.05) is 17.7 Å². The number of amides is 2. The lowest BCUT2D eigenvalue weighted by Crippen LogP contribution is -2.29. The molecule has 9 aromatic rings. The Morgan fingerprint density at radius 3 is 2.34 bits per heavy atom. The van der Waals surface area contributed by atoms with Crippen LogP contribution in [0.25, 0.3) is 55.4 Å². The van der Waals surface area contributed by atoms with Gasteiger partial charge in [-0.15, -0.1) is 0 Å². The third-order valence-electron chi connectivity index (χ3n) is 9.93. The molecule has 0 bridgehead atoms. The molecule has 9 heterocycles. The van der Waals surface area contributed by atoms with Crippen molar-refractivity contribution >= 4 is 62.4 Å². The topological polar surface area (TPSA) is 176 Å². The summed E-state index contributed by atoms with van der Waals surface area (Å²) in [4.78, 5) is 42.7. The molecule has 1 fully saturated rings.